The zero-order valence-corrected chi connectivity index (χ0v) is 24.6. The van der Waals surface area contributed by atoms with Crippen molar-refractivity contribution in [2.24, 2.45) is 17.8 Å². The summed E-state index contributed by atoms with van der Waals surface area (Å²) < 4.78 is 16.1. The van der Waals surface area contributed by atoms with E-state index in [0.29, 0.717) is 29.8 Å². The van der Waals surface area contributed by atoms with E-state index in [-0.39, 0.29) is 37.5 Å². The highest BCUT2D eigenvalue weighted by molar-refractivity contribution is 5.89. The first-order valence-corrected chi connectivity index (χ1v) is 14.6. The number of nitrogens with one attached hydrogen (secondary N) is 2. The predicted octanol–water partition coefficient (Wildman–Crippen LogP) is 5.64. The summed E-state index contributed by atoms with van der Waals surface area (Å²) in [6, 6.07) is 2.44. The van der Waals surface area contributed by atoms with Crippen LogP contribution in [-0.4, -0.2) is 59.6 Å². The van der Waals surface area contributed by atoms with Crippen LogP contribution in [0.25, 0.3) is 0 Å². The molecule has 10 heteroatoms. The number of urea groups is 1. The van der Waals surface area contributed by atoms with E-state index in [1.54, 1.807) is 25.3 Å². The van der Waals surface area contributed by atoms with Crippen LogP contribution in [-0.2, 0) is 25.4 Å². The molecule has 2 heterocycles. The van der Waals surface area contributed by atoms with E-state index in [1.807, 2.05) is 13.8 Å². The topological polar surface area (TPSA) is 119 Å². The first-order valence-electron chi connectivity index (χ1n) is 14.6. The maximum atomic E-state index is 13.2. The molecule has 1 aliphatic heterocycles. The number of aromatic nitrogens is 1. The third-order valence-electron chi connectivity index (χ3n) is 7.98. The maximum Gasteiger partial charge on any atom is 0.414 e. The van der Waals surface area contributed by atoms with E-state index >= 15 is 0 Å². The van der Waals surface area contributed by atoms with Crippen LogP contribution in [0.5, 0.6) is 0 Å². The highest BCUT2D eigenvalue weighted by Crippen LogP contribution is 2.39. The molecule has 3 unspecified atom stereocenters. The molecule has 40 heavy (non-hydrogen) atoms. The second-order valence-corrected chi connectivity index (χ2v) is 11.1. The summed E-state index contributed by atoms with van der Waals surface area (Å²) in [5.41, 5.74) is 1.38. The summed E-state index contributed by atoms with van der Waals surface area (Å²) in [6.45, 7) is 14.1. The number of hydrogen-bond donors (Lipinski definition) is 2. The van der Waals surface area contributed by atoms with Crippen molar-refractivity contribution in [3.8, 4) is 0 Å². The van der Waals surface area contributed by atoms with Gasteiger partial charge in [-0.2, -0.15) is 0 Å². The number of rotatable bonds is 12. The zero-order chi connectivity index (χ0) is 29.2. The van der Waals surface area contributed by atoms with Crippen LogP contribution >= 0.6 is 0 Å². The Morgan fingerprint density at radius 2 is 1.85 bits per heavy atom. The molecule has 0 aromatic carbocycles. The average molecular weight is 559 g/mol. The van der Waals surface area contributed by atoms with Gasteiger partial charge >= 0.3 is 18.1 Å². The van der Waals surface area contributed by atoms with Crippen molar-refractivity contribution in [3.05, 3.63) is 36.2 Å². The quantitative estimate of drug-likeness (QED) is 0.252. The van der Waals surface area contributed by atoms with Crippen LogP contribution in [0.2, 0.25) is 0 Å². The van der Waals surface area contributed by atoms with E-state index in [1.165, 1.54) is 24.2 Å². The fourth-order valence-corrected chi connectivity index (χ4v) is 5.66. The zero-order valence-electron chi connectivity index (χ0n) is 24.6. The smallest absolute Gasteiger partial charge is 0.414 e. The Bertz CT molecular complexity index is 1030. The number of nitrogens with zero attached hydrogens (tertiary/aromatic N) is 2. The van der Waals surface area contributed by atoms with Gasteiger partial charge in [0.1, 0.15) is 11.9 Å². The van der Waals surface area contributed by atoms with Crippen LogP contribution in [0.3, 0.4) is 0 Å². The molecule has 1 saturated heterocycles. The number of pyridine rings is 1. The number of carbonyl (C=O) groups is 3. The Labute approximate surface area is 238 Å². The molecular formula is C30H46N4O6. The number of likely N-dealkylation sites (tertiary alicyclic amines) is 1. The van der Waals surface area contributed by atoms with Crippen molar-refractivity contribution in [2.45, 2.75) is 97.8 Å². The standard InChI is InChI=1S/C30H46N4O6/c1-7-25(19(3)4)39-18-40-30(37)33-26-17-22(14-15-31-26)16-24-21(6)34(27(24)28(35)38-8-2)29(36)32-20(5)23-12-10-9-11-13-23/h14-15,17,19-20,23-25,27H,6-13,16,18H2,1-5H3,(H,32,36)(H,31,33,37)/t20?,24-,25?,27?/m0/s1. The summed E-state index contributed by atoms with van der Waals surface area (Å²) in [7, 11) is 0. The van der Waals surface area contributed by atoms with Crippen LogP contribution in [0.1, 0.15) is 78.7 Å². The lowest BCUT2D eigenvalue weighted by atomic mass is 9.80. The predicted molar refractivity (Wildman–Crippen MR) is 152 cm³/mol. The van der Waals surface area contributed by atoms with Crippen LogP contribution in [0.15, 0.2) is 30.6 Å². The summed E-state index contributed by atoms with van der Waals surface area (Å²) in [5, 5.41) is 5.71. The molecule has 0 radical (unpaired) electrons. The number of amides is 3. The van der Waals surface area contributed by atoms with E-state index in [9.17, 15) is 14.4 Å². The molecule has 0 bridgehead atoms. The van der Waals surface area contributed by atoms with Gasteiger partial charge in [0.2, 0.25) is 0 Å². The largest absolute Gasteiger partial charge is 0.464 e. The average Bonchev–Trinajstić information content (AvgIpc) is 2.92. The van der Waals surface area contributed by atoms with Gasteiger partial charge in [-0.25, -0.2) is 19.4 Å². The molecule has 2 N–H and O–H groups in total. The van der Waals surface area contributed by atoms with Gasteiger partial charge in [0, 0.05) is 23.9 Å². The van der Waals surface area contributed by atoms with Crippen molar-refractivity contribution in [1.82, 2.24) is 15.2 Å². The van der Waals surface area contributed by atoms with E-state index in [0.717, 1.165) is 24.8 Å². The van der Waals surface area contributed by atoms with Crippen molar-refractivity contribution in [3.63, 3.8) is 0 Å². The van der Waals surface area contributed by atoms with Gasteiger partial charge in [-0.05, 0) is 69.1 Å². The van der Waals surface area contributed by atoms with Crippen molar-refractivity contribution in [2.75, 3.05) is 18.7 Å². The molecule has 10 nitrogen and oxygen atoms in total. The Kier molecular flexibility index (Phi) is 11.8. The second-order valence-electron chi connectivity index (χ2n) is 11.1. The minimum absolute atomic E-state index is 0.00860. The Morgan fingerprint density at radius 3 is 2.50 bits per heavy atom. The lowest BCUT2D eigenvalue weighted by Crippen LogP contribution is -2.64. The molecule has 3 amide bonds. The lowest BCUT2D eigenvalue weighted by molar-refractivity contribution is -0.153. The van der Waals surface area contributed by atoms with Crippen LogP contribution in [0.4, 0.5) is 15.4 Å². The number of hydrogen-bond acceptors (Lipinski definition) is 7. The van der Waals surface area contributed by atoms with Gasteiger partial charge < -0.3 is 19.5 Å². The first kappa shape index (κ1) is 31.4. The summed E-state index contributed by atoms with van der Waals surface area (Å²) in [5.74, 6) is 0.285. The van der Waals surface area contributed by atoms with Crippen molar-refractivity contribution in [1.29, 1.82) is 0 Å². The molecule has 1 aromatic rings. The molecule has 2 fully saturated rings. The normalized spacial score (nSPS) is 20.9. The van der Waals surface area contributed by atoms with Gasteiger partial charge in [0.15, 0.2) is 6.79 Å². The maximum absolute atomic E-state index is 13.2. The van der Waals surface area contributed by atoms with Gasteiger partial charge in [0.25, 0.3) is 0 Å². The summed E-state index contributed by atoms with van der Waals surface area (Å²) in [4.78, 5) is 44.0. The minimum Gasteiger partial charge on any atom is -0.464 e. The van der Waals surface area contributed by atoms with E-state index in [4.69, 9.17) is 14.2 Å². The number of carbonyl (C=O) groups excluding carboxylic acids is 3. The first-order chi connectivity index (χ1) is 19.2. The highest BCUT2D eigenvalue weighted by Gasteiger charge is 2.51. The molecule has 0 spiro atoms. The number of ether oxygens (including phenoxy) is 3. The molecule has 1 aromatic heterocycles. The van der Waals surface area contributed by atoms with Crippen molar-refractivity contribution < 1.29 is 28.6 Å². The minimum atomic E-state index is -0.773. The Hall–Kier alpha value is -3.14. The van der Waals surface area contributed by atoms with Gasteiger partial charge in [-0.15, -0.1) is 0 Å². The fourth-order valence-electron chi connectivity index (χ4n) is 5.66. The number of anilines is 1. The molecule has 1 saturated carbocycles. The Morgan fingerprint density at radius 1 is 1.12 bits per heavy atom. The van der Waals surface area contributed by atoms with Crippen molar-refractivity contribution >= 4 is 23.9 Å². The van der Waals surface area contributed by atoms with Gasteiger partial charge in [-0.3, -0.25) is 10.2 Å². The van der Waals surface area contributed by atoms with Gasteiger partial charge in [0.05, 0.1) is 12.7 Å². The monoisotopic (exact) mass is 558 g/mol. The molecule has 4 atom stereocenters. The summed E-state index contributed by atoms with van der Waals surface area (Å²) in [6.07, 6.45) is 7.96. The molecule has 1 aliphatic carbocycles. The highest BCUT2D eigenvalue weighted by atomic mass is 16.7. The fraction of sp³-hybridized carbons (Fsp3) is 0.667. The third-order valence-corrected chi connectivity index (χ3v) is 7.98. The third kappa shape index (κ3) is 8.19. The lowest BCUT2D eigenvalue weighted by Gasteiger charge is -2.48. The molecule has 222 valence electrons. The number of esters is 1. The van der Waals surface area contributed by atoms with E-state index < -0.39 is 18.1 Å². The molecule has 2 aliphatic rings. The molecule has 3 rings (SSSR count). The van der Waals surface area contributed by atoms with E-state index in [2.05, 4.69) is 36.0 Å². The summed E-state index contributed by atoms with van der Waals surface area (Å²) >= 11 is 0. The Balaban J connectivity index is 1.60. The molecular weight excluding hydrogens is 512 g/mol. The second kappa shape index (κ2) is 15.0. The van der Waals surface area contributed by atoms with Crippen LogP contribution < -0.4 is 10.6 Å². The SMILES string of the molecule is C=C1[C@H](Cc2ccnc(NC(=O)OCOC(CC)C(C)C)c2)C(C(=O)OCC)N1C(=O)NC(C)C1CCCCC1. The van der Waals surface area contributed by atoms with Gasteiger partial charge in [-0.1, -0.05) is 46.6 Å². The van der Waals surface area contributed by atoms with Crippen LogP contribution in [0, 0.1) is 17.8 Å².